The maximum absolute atomic E-state index is 12.7. The summed E-state index contributed by atoms with van der Waals surface area (Å²) in [4.78, 5) is 20.8. The van der Waals surface area contributed by atoms with Crippen molar-refractivity contribution in [3.05, 3.63) is 77.5 Å². The van der Waals surface area contributed by atoms with Crippen LogP contribution in [0.1, 0.15) is 0 Å². The van der Waals surface area contributed by atoms with Gasteiger partial charge in [-0.25, -0.2) is 9.97 Å². The molecule has 122 valence electrons. The molecule has 2 heterocycles. The molecule has 2 aromatic heterocycles. The molecule has 0 bridgehead atoms. The molecule has 0 aliphatic rings. The smallest absolute Gasteiger partial charge is 0.282 e. The van der Waals surface area contributed by atoms with Crippen molar-refractivity contribution in [2.75, 3.05) is 7.11 Å². The van der Waals surface area contributed by atoms with Crippen molar-refractivity contribution in [1.82, 2.24) is 19.7 Å². The van der Waals surface area contributed by atoms with E-state index in [1.807, 2.05) is 36.4 Å². The van der Waals surface area contributed by atoms with Crippen molar-refractivity contribution in [2.45, 2.75) is 0 Å². The number of aromatic nitrogens is 4. The Morgan fingerprint density at radius 1 is 0.960 bits per heavy atom. The molecular weight excluding hydrogens is 316 g/mol. The summed E-state index contributed by atoms with van der Waals surface area (Å²) in [5, 5.41) is 5.53. The summed E-state index contributed by atoms with van der Waals surface area (Å²) in [6.07, 6.45) is 4.80. The molecule has 6 nitrogen and oxygen atoms in total. The van der Waals surface area contributed by atoms with Gasteiger partial charge >= 0.3 is 0 Å². The van der Waals surface area contributed by atoms with Crippen LogP contribution >= 0.6 is 0 Å². The van der Waals surface area contributed by atoms with Gasteiger partial charge in [-0.3, -0.25) is 4.79 Å². The van der Waals surface area contributed by atoms with E-state index in [9.17, 15) is 4.79 Å². The van der Waals surface area contributed by atoms with E-state index in [0.29, 0.717) is 5.39 Å². The third-order valence-corrected chi connectivity index (χ3v) is 3.93. The zero-order valence-corrected chi connectivity index (χ0v) is 13.5. The molecule has 0 saturated heterocycles. The Kier molecular flexibility index (Phi) is 3.70. The second kappa shape index (κ2) is 6.16. The minimum Gasteiger partial charge on any atom is -0.497 e. The van der Waals surface area contributed by atoms with E-state index >= 15 is 0 Å². The minimum absolute atomic E-state index is 0.249. The number of methoxy groups -OCH3 is 1. The Bertz CT molecular complexity index is 1110. The van der Waals surface area contributed by atoms with Gasteiger partial charge in [-0.1, -0.05) is 18.2 Å². The average molecular weight is 330 g/mol. The molecule has 0 saturated carbocycles. The van der Waals surface area contributed by atoms with Crippen LogP contribution in [0.25, 0.3) is 27.8 Å². The number of fused-ring (bicyclic) bond motifs is 1. The van der Waals surface area contributed by atoms with Gasteiger partial charge in [0.1, 0.15) is 5.75 Å². The van der Waals surface area contributed by atoms with Crippen LogP contribution in [0.4, 0.5) is 0 Å². The highest BCUT2D eigenvalue weighted by atomic mass is 16.5. The third-order valence-electron chi connectivity index (χ3n) is 3.93. The van der Waals surface area contributed by atoms with Gasteiger partial charge in [-0.05, 0) is 41.5 Å². The number of ether oxygens (including phenoxy) is 1. The molecule has 6 heteroatoms. The molecule has 0 spiro atoms. The second-order valence-electron chi connectivity index (χ2n) is 5.44. The van der Waals surface area contributed by atoms with Gasteiger partial charge in [-0.2, -0.15) is 9.78 Å². The summed E-state index contributed by atoms with van der Waals surface area (Å²) in [7, 11) is 1.64. The molecule has 2 aromatic carbocycles. The summed E-state index contributed by atoms with van der Waals surface area (Å²) < 4.78 is 6.47. The molecular formula is C19H14N4O2. The highest BCUT2D eigenvalue weighted by Gasteiger charge is 2.09. The fraction of sp³-hybridized carbons (Fsp3) is 0.0526. The van der Waals surface area contributed by atoms with Gasteiger partial charge in [0, 0.05) is 17.8 Å². The Morgan fingerprint density at radius 2 is 1.76 bits per heavy atom. The normalized spacial score (nSPS) is 10.8. The lowest BCUT2D eigenvalue weighted by Gasteiger charge is -2.07. The number of benzene rings is 2. The lowest BCUT2D eigenvalue weighted by molar-refractivity contribution is 0.415. The lowest BCUT2D eigenvalue weighted by atomic mass is 10.0. The predicted molar refractivity (Wildman–Crippen MR) is 94.9 cm³/mol. The quantitative estimate of drug-likeness (QED) is 0.578. The van der Waals surface area contributed by atoms with Crippen molar-refractivity contribution in [1.29, 1.82) is 0 Å². The largest absolute Gasteiger partial charge is 0.497 e. The minimum atomic E-state index is -0.249. The van der Waals surface area contributed by atoms with Crippen LogP contribution in [-0.4, -0.2) is 26.9 Å². The van der Waals surface area contributed by atoms with E-state index in [4.69, 9.17) is 4.74 Å². The molecule has 0 N–H and O–H groups in total. The molecule has 0 aliphatic heterocycles. The first kappa shape index (κ1) is 15.0. The summed E-state index contributed by atoms with van der Waals surface area (Å²) >= 11 is 0. The second-order valence-corrected chi connectivity index (χ2v) is 5.44. The van der Waals surface area contributed by atoms with E-state index in [-0.39, 0.29) is 11.5 Å². The number of nitrogens with zero attached hydrogens (tertiary/aromatic N) is 4. The summed E-state index contributed by atoms with van der Waals surface area (Å²) in [5.74, 6) is 1.04. The molecule has 25 heavy (non-hydrogen) atoms. The van der Waals surface area contributed by atoms with Gasteiger partial charge in [0.25, 0.3) is 11.5 Å². The number of hydrogen-bond acceptors (Lipinski definition) is 5. The average Bonchev–Trinajstić information content (AvgIpc) is 2.69. The van der Waals surface area contributed by atoms with E-state index in [2.05, 4.69) is 15.1 Å². The molecule has 0 fully saturated rings. The van der Waals surface area contributed by atoms with Gasteiger partial charge < -0.3 is 4.74 Å². The van der Waals surface area contributed by atoms with Crippen molar-refractivity contribution < 1.29 is 4.74 Å². The molecule has 0 radical (unpaired) electrons. The van der Waals surface area contributed by atoms with Gasteiger partial charge in [0.15, 0.2) is 0 Å². The lowest BCUT2D eigenvalue weighted by Crippen LogP contribution is -2.22. The molecule has 0 amide bonds. The van der Waals surface area contributed by atoms with Crippen LogP contribution in [0.3, 0.4) is 0 Å². The summed E-state index contributed by atoms with van der Waals surface area (Å²) in [6, 6.07) is 15.1. The topological polar surface area (TPSA) is 69.9 Å². The Hall–Kier alpha value is -3.54. The zero-order valence-electron chi connectivity index (χ0n) is 13.5. The van der Waals surface area contributed by atoms with Gasteiger partial charge in [-0.15, -0.1) is 0 Å². The standard InChI is InChI=1S/C19H14N4O2/c1-25-16-5-2-4-13(11-16)14-6-7-17-15(10-14)12-22-23(18(17)24)19-20-8-3-9-21-19/h2-12H,1H3. The highest BCUT2D eigenvalue weighted by Crippen LogP contribution is 2.26. The van der Waals surface area contributed by atoms with E-state index < -0.39 is 0 Å². The molecule has 4 aromatic rings. The summed E-state index contributed by atoms with van der Waals surface area (Å²) in [6.45, 7) is 0. The van der Waals surface area contributed by atoms with Crippen LogP contribution in [0.15, 0.2) is 71.9 Å². The van der Waals surface area contributed by atoms with Gasteiger partial charge in [0.05, 0.1) is 18.7 Å². The molecule has 4 rings (SSSR count). The monoisotopic (exact) mass is 330 g/mol. The fourth-order valence-corrected chi connectivity index (χ4v) is 2.68. The van der Waals surface area contributed by atoms with Crippen LogP contribution in [0.2, 0.25) is 0 Å². The highest BCUT2D eigenvalue weighted by molar-refractivity contribution is 5.86. The number of rotatable bonds is 3. The third kappa shape index (κ3) is 2.74. The first-order valence-electron chi connectivity index (χ1n) is 7.70. The van der Waals surface area contributed by atoms with Crippen molar-refractivity contribution >= 4 is 10.8 Å². The summed E-state index contributed by atoms with van der Waals surface area (Å²) in [5.41, 5.74) is 1.75. The maximum atomic E-state index is 12.7. The van der Waals surface area contributed by atoms with E-state index in [1.165, 1.54) is 4.68 Å². The zero-order chi connectivity index (χ0) is 17.2. The fourth-order valence-electron chi connectivity index (χ4n) is 2.68. The number of hydrogen-bond donors (Lipinski definition) is 0. The maximum Gasteiger partial charge on any atom is 0.282 e. The van der Waals surface area contributed by atoms with Crippen molar-refractivity contribution in [3.8, 4) is 22.8 Å². The van der Waals surface area contributed by atoms with Crippen molar-refractivity contribution in [2.24, 2.45) is 0 Å². The van der Waals surface area contributed by atoms with Crippen LogP contribution in [-0.2, 0) is 0 Å². The SMILES string of the molecule is COc1cccc(-c2ccc3c(=O)n(-c4ncccn4)ncc3c2)c1. The Morgan fingerprint density at radius 3 is 2.56 bits per heavy atom. The molecule has 0 unspecified atom stereocenters. The van der Waals surface area contributed by atoms with Gasteiger partial charge in [0.2, 0.25) is 0 Å². The van der Waals surface area contributed by atoms with E-state index in [0.717, 1.165) is 22.3 Å². The predicted octanol–water partition coefficient (Wildman–Crippen LogP) is 2.85. The van der Waals surface area contributed by atoms with E-state index in [1.54, 1.807) is 37.8 Å². The molecule has 0 aliphatic carbocycles. The Balaban J connectivity index is 1.84. The van der Waals surface area contributed by atoms with Crippen LogP contribution in [0.5, 0.6) is 5.75 Å². The van der Waals surface area contributed by atoms with Crippen molar-refractivity contribution in [3.63, 3.8) is 0 Å². The first-order valence-corrected chi connectivity index (χ1v) is 7.70. The van der Waals surface area contributed by atoms with Crippen LogP contribution in [0, 0.1) is 0 Å². The first-order chi connectivity index (χ1) is 12.3. The Labute approximate surface area is 143 Å². The van der Waals surface area contributed by atoms with Crippen LogP contribution < -0.4 is 10.3 Å². The molecule has 0 atom stereocenters.